The van der Waals surface area contributed by atoms with Gasteiger partial charge in [0.25, 0.3) is 0 Å². The van der Waals surface area contributed by atoms with Crippen molar-refractivity contribution in [3.63, 3.8) is 0 Å². The van der Waals surface area contributed by atoms with Crippen LogP contribution in [0.2, 0.25) is 0 Å². The summed E-state index contributed by atoms with van der Waals surface area (Å²) >= 11 is 3.84. The van der Waals surface area contributed by atoms with E-state index in [0.717, 1.165) is 8.45 Å². The van der Waals surface area contributed by atoms with Crippen molar-refractivity contribution in [2.24, 2.45) is 5.41 Å². The Bertz CT molecular complexity index is 650. The number of thiophene rings is 1. The number of carboxylic acid groups (broad SMARTS) is 1. The molecule has 112 valence electrons. The third kappa shape index (κ3) is 2.94. The summed E-state index contributed by atoms with van der Waals surface area (Å²) in [6.45, 7) is 1.18. The molecule has 1 N–H and O–H groups in total. The molecule has 0 radical (unpaired) electrons. The van der Waals surface area contributed by atoms with Crippen molar-refractivity contribution >= 4 is 39.9 Å². The van der Waals surface area contributed by atoms with Crippen molar-refractivity contribution in [1.82, 2.24) is 20.2 Å². The van der Waals surface area contributed by atoms with Gasteiger partial charge in [-0.3, -0.25) is 4.79 Å². The Kier molecular flexibility index (Phi) is 4.22. The van der Waals surface area contributed by atoms with Crippen LogP contribution in [-0.4, -0.2) is 44.5 Å². The molecule has 0 aromatic carbocycles. The number of halogens is 1. The predicted molar refractivity (Wildman–Crippen MR) is 84.0 cm³/mol. The highest BCUT2D eigenvalue weighted by atomic mass is 127. The van der Waals surface area contributed by atoms with Crippen molar-refractivity contribution in [1.29, 1.82) is 0 Å². The maximum Gasteiger partial charge on any atom is 0.311 e. The molecule has 0 amide bonds. The van der Waals surface area contributed by atoms with E-state index >= 15 is 0 Å². The summed E-state index contributed by atoms with van der Waals surface area (Å²) in [5.41, 5.74) is 0.0629. The van der Waals surface area contributed by atoms with Crippen LogP contribution in [0.5, 0.6) is 0 Å². The fourth-order valence-corrected chi connectivity index (χ4v) is 3.76. The van der Waals surface area contributed by atoms with Crippen molar-refractivity contribution in [2.75, 3.05) is 13.2 Å². The minimum absolute atomic E-state index is 0.264. The topological polar surface area (TPSA) is 90.1 Å². The van der Waals surface area contributed by atoms with Gasteiger partial charge in [0.2, 0.25) is 0 Å². The zero-order valence-corrected chi connectivity index (χ0v) is 14.0. The van der Waals surface area contributed by atoms with Crippen LogP contribution >= 0.6 is 33.9 Å². The monoisotopic (exact) mass is 420 g/mol. The molecular formula is C12H13IN4O3S. The van der Waals surface area contributed by atoms with Gasteiger partial charge in [0, 0.05) is 24.2 Å². The number of tetrazole rings is 1. The van der Waals surface area contributed by atoms with Gasteiger partial charge < -0.3 is 9.84 Å². The summed E-state index contributed by atoms with van der Waals surface area (Å²) in [4.78, 5) is 11.7. The Morgan fingerprint density at radius 3 is 2.90 bits per heavy atom. The minimum Gasteiger partial charge on any atom is -0.481 e. The van der Waals surface area contributed by atoms with Crippen LogP contribution in [0.3, 0.4) is 0 Å². The van der Waals surface area contributed by atoms with E-state index in [2.05, 4.69) is 38.1 Å². The molecule has 21 heavy (non-hydrogen) atoms. The molecule has 1 fully saturated rings. The van der Waals surface area contributed by atoms with E-state index in [9.17, 15) is 9.90 Å². The minimum atomic E-state index is -0.856. The van der Waals surface area contributed by atoms with Crippen molar-refractivity contribution < 1.29 is 14.6 Å². The van der Waals surface area contributed by atoms with Gasteiger partial charge in [-0.05, 0) is 51.9 Å². The molecule has 7 nitrogen and oxygen atoms in total. The molecule has 0 saturated carbocycles. The summed E-state index contributed by atoms with van der Waals surface area (Å²) in [5, 5.41) is 23.3. The molecule has 3 rings (SSSR count). The third-order valence-electron chi connectivity index (χ3n) is 3.71. The summed E-state index contributed by atoms with van der Waals surface area (Å²) in [5.74, 6) is -0.201. The molecule has 9 heteroatoms. The number of nitrogens with zero attached hydrogens (tertiary/aromatic N) is 4. The average molecular weight is 420 g/mol. The molecule has 0 spiro atoms. The zero-order chi connectivity index (χ0) is 14.9. The molecule has 3 heterocycles. The van der Waals surface area contributed by atoms with Gasteiger partial charge in [0.05, 0.1) is 14.8 Å². The lowest BCUT2D eigenvalue weighted by Crippen LogP contribution is -2.41. The normalized spacial score (nSPS) is 17.8. The van der Waals surface area contributed by atoms with Crippen LogP contribution < -0.4 is 0 Å². The largest absolute Gasteiger partial charge is 0.481 e. The molecule has 0 aliphatic carbocycles. The first-order chi connectivity index (χ1) is 10.1. The fourth-order valence-electron chi connectivity index (χ4n) is 2.43. The van der Waals surface area contributed by atoms with Crippen LogP contribution in [0.1, 0.15) is 12.8 Å². The second kappa shape index (κ2) is 5.97. The summed E-state index contributed by atoms with van der Waals surface area (Å²) in [7, 11) is 0. The number of hydrogen-bond donors (Lipinski definition) is 1. The molecule has 1 aliphatic heterocycles. The number of ether oxygens (including phenoxy) is 1. The summed E-state index contributed by atoms with van der Waals surface area (Å²) in [6, 6.07) is 1.99. The van der Waals surface area contributed by atoms with Crippen molar-refractivity contribution in [2.45, 2.75) is 19.4 Å². The molecule has 1 aliphatic rings. The Morgan fingerprint density at radius 2 is 2.29 bits per heavy atom. The average Bonchev–Trinajstić information content (AvgIpc) is 3.08. The molecule has 1 saturated heterocycles. The third-order valence-corrected chi connectivity index (χ3v) is 5.50. The molecule has 0 atom stereocenters. The Hall–Kier alpha value is -1.07. The lowest BCUT2D eigenvalue weighted by molar-refractivity contribution is -0.156. The van der Waals surface area contributed by atoms with E-state index in [1.807, 2.05) is 11.4 Å². The summed E-state index contributed by atoms with van der Waals surface area (Å²) in [6.07, 6.45) is 0.950. The first-order valence-electron chi connectivity index (χ1n) is 6.42. The van der Waals surface area contributed by atoms with Gasteiger partial charge >= 0.3 is 5.97 Å². The standard InChI is InChI=1S/C12H13IN4O3S/c13-9-5-8(6-21-9)10-14-15-16-17(10)7-12(11(18)19)1-3-20-4-2-12/h5-6H,1-4,7H2,(H,18,19). The first kappa shape index (κ1) is 14.9. The predicted octanol–water partition coefficient (Wildman–Crippen LogP) is 1.89. The highest BCUT2D eigenvalue weighted by Crippen LogP contribution is 2.34. The van der Waals surface area contributed by atoms with Crippen LogP contribution in [0.25, 0.3) is 11.4 Å². The number of carboxylic acids is 1. The second-order valence-electron chi connectivity index (χ2n) is 5.00. The number of hydrogen-bond acceptors (Lipinski definition) is 6. The Morgan fingerprint density at radius 1 is 1.52 bits per heavy atom. The number of carbonyl (C=O) groups is 1. The van der Waals surface area contributed by atoms with Gasteiger partial charge in [0.1, 0.15) is 0 Å². The lowest BCUT2D eigenvalue weighted by Gasteiger charge is -2.32. The van der Waals surface area contributed by atoms with Crippen LogP contribution in [0.15, 0.2) is 11.4 Å². The van der Waals surface area contributed by atoms with E-state index in [1.54, 1.807) is 16.0 Å². The van der Waals surface area contributed by atoms with E-state index < -0.39 is 11.4 Å². The first-order valence-corrected chi connectivity index (χ1v) is 8.38. The quantitative estimate of drug-likeness (QED) is 0.760. The van der Waals surface area contributed by atoms with E-state index in [4.69, 9.17) is 4.74 Å². The number of rotatable bonds is 4. The van der Waals surface area contributed by atoms with Gasteiger partial charge in [0.15, 0.2) is 5.82 Å². The zero-order valence-electron chi connectivity index (χ0n) is 11.0. The van der Waals surface area contributed by atoms with E-state index in [-0.39, 0.29) is 6.54 Å². The van der Waals surface area contributed by atoms with Crippen LogP contribution in [0, 0.1) is 8.30 Å². The highest BCUT2D eigenvalue weighted by Gasteiger charge is 2.41. The maximum absolute atomic E-state index is 11.7. The van der Waals surface area contributed by atoms with Gasteiger partial charge in [-0.2, -0.15) is 0 Å². The molecular weight excluding hydrogens is 407 g/mol. The van der Waals surface area contributed by atoms with Gasteiger partial charge in [-0.25, -0.2) is 4.68 Å². The smallest absolute Gasteiger partial charge is 0.311 e. The Balaban J connectivity index is 1.91. The summed E-state index contributed by atoms with van der Waals surface area (Å²) < 4.78 is 8.02. The lowest BCUT2D eigenvalue weighted by atomic mass is 9.80. The molecule has 0 bridgehead atoms. The second-order valence-corrected chi connectivity index (χ2v) is 7.80. The van der Waals surface area contributed by atoms with Gasteiger partial charge in [-0.1, -0.05) is 0 Å². The van der Waals surface area contributed by atoms with E-state index in [0.29, 0.717) is 31.9 Å². The highest BCUT2D eigenvalue weighted by molar-refractivity contribution is 14.1. The Labute approximate surface area is 138 Å². The van der Waals surface area contributed by atoms with Crippen LogP contribution in [-0.2, 0) is 16.1 Å². The van der Waals surface area contributed by atoms with Crippen molar-refractivity contribution in [3.8, 4) is 11.4 Å². The molecule has 0 unspecified atom stereocenters. The van der Waals surface area contributed by atoms with Crippen LogP contribution in [0.4, 0.5) is 0 Å². The number of aliphatic carboxylic acids is 1. The number of aromatic nitrogens is 4. The van der Waals surface area contributed by atoms with E-state index in [1.165, 1.54) is 0 Å². The maximum atomic E-state index is 11.7. The van der Waals surface area contributed by atoms with Gasteiger partial charge in [-0.15, -0.1) is 16.4 Å². The van der Waals surface area contributed by atoms with Crippen molar-refractivity contribution in [3.05, 3.63) is 14.3 Å². The fraction of sp³-hybridized carbons (Fsp3) is 0.500. The molecule has 2 aromatic rings. The molecule has 2 aromatic heterocycles. The SMILES string of the molecule is O=C(O)C1(Cn2nnnc2-c2csc(I)c2)CCOCC1.